The zero-order chi connectivity index (χ0) is 15.5. The van der Waals surface area contributed by atoms with Crippen LogP contribution in [0.5, 0.6) is 5.75 Å². The molecular formula is C17H20N2O3. The van der Waals surface area contributed by atoms with Crippen LogP contribution in [0, 0.1) is 0 Å². The topological polar surface area (TPSA) is 77.5 Å². The molecule has 1 heterocycles. The van der Waals surface area contributed by atoms with E-state index in [4.69, 9.17) is 14.9 Å². The van der Waals surface area contributed by atoms with Crippen molar-refractivity contribution in [2.24, 2.45) is 5.73 Å². The third kappa shape index (κ3) is 3.14. The van der Waals surface area contributed by atoms with Crippen molar-refractivity contribution in [3.05, 3.63) is 53.0 Å². The van der Waals surface area contributed by atoms with Crippen molar-refractivity contribution in [1.82, 2.24) is 5.32 Å². The minimum Gasteiger partial charge on any atom is -0.497 e. The molecule has 3 rings (SSSR count). The average Bonchev–Trinajstić information content (AvgIpc) is 3.01. The number of amides is 1. The molecule has 2 aromatic rings. The molecule has 0 fully saturated rings. The Balaban J connectivity index is 1.61. The van der Waals surface area contributed by atoms with Gasteiger partial charge in [-0.05, 0) is 54.7 Å². The summed E-state index contributed by atoms with van der Waals surface area (Å²) in [7, 11) is 1.69. The molecule has 1 unspecified atom stereocenters. The largest absolute Gasteiger partial charge is 0.497 e. The molecule has 1 aliphatic rings. The van der Waals surface area contributed by atoms with E-state index in [-0.39, 0.29) is 5.76 Å². The van der Waals surface area contributed by atoms with Gasteiger partial charge in [-0.15, -0.1) is 0 Å². The van der Waals surface area contributed by atoms with Crippen LogP contribution in [-0.2, 0) is 19.4 Å². The lowest BCUT2D eigenvalue weighted by molar-refractivity contribution is 0.0972. The first-order valence-corrected chi connectivity index (χ1v) is 7.43. The summed E-state index contributed by atoms with van der Waals surface area (Å²) in [6.45, 7) is 0.594. The number of primary amides is 1. The van der Waals surface area contributed by atoms with Crippen LogP contribution in [0.25, 0.3) is 0 Å². The Morgan fingerprint density at radius 1 is 1.36 bits per heavy atom. The highest BCUT2D eigenvalue weighted by Crippen LogP contribution is 2.25. The SMILES string of the molecule is COc1ccc2c(c1)CC(NCc1ccc(C(N)=O)o1)CC2. The number of methoxy groups -OCH3 is 1. The molecule has 3 N–H and O–H groups in total. The fourth-order valence-electron chi connectivity index (χ4n) is 2.88. The van der Waals surface area contributed by atoms with Gasteiger partial charge in [0.15, 0.2) is 5.76 Å². The van der Waals surface area contributed by atoms with E-state index in [2.05, 4.69) is 17.4 Å². The molecule has 0 saturated carbocycles. The van der Waals surface area contributed by atoms with Crippen molar-refractivity contribution in [3.63, 3.8) is 0 Å². The first-order chi connectivity index (χ1) is 10.7. The number of rotatable bonds is 5. The molecule has 116 valence electrons. The standard InChI is InChI=1S/C17H20N2O3/c1-21-14-5-3-11-2-4-13(8-12(11)9-14)19-10-15-6-7-16(22-15)17(18)20/h3,5-7,9,13,19H,2,4,8,10H2,1H3,(H2,18,20). The van der Waals surface area contributed by atoms with Gasteiger partial charge in [0.25, 0.3) is 5.91 Å². The second kappa shape index (κ2) is 6.23. The number of carbonyl (C=O) groups is 1. The van der Waals surface area contributed by atoms with Crippen LogP contribution in [0.3, 0.4) is 0 Å². The van der Waals surface area contributed by atoms with Gasteiger partial charge in [0.1, 0.15) is 11.5 Å². The summed E-state index contributed by atoms with van der Waals surface area (Å²) in [4.78, 5) is 11.0. The van der Waals surface area contributed by atoms with Gasteiger partial charge >= 0.3 is 0 Å². The van der Waals surface area contributed by atoms with Gasteiger partial charge in [0, 0.05) is 6.04 Å². The molecule has 1 aliphatic carbocycles. The van der Waals surface area contributed by atoms with E-state index in [1.165, 1.54) is 11.1 Å². The van der Waals surface area contributed by atoms with Gasteiger partial charge in [0.2, 0.25) is 0 Å². The summed E-state index contributed by atoms with van der Waals surface area (Å²) in [6.07, 6.45) is 3.11. The summed E-state index contributed by atoms with van der Waals surface area (Å²) in [5.41, 5.74) is 7.91. The summed E-state index contributed by atoms with van der Waals surface area (Å²) in [5.74, 6) is 1.29. The van der Waals surface area contributed by atoms with E-state index in [9.17, 15) is 4.79 Å². The van der Waals surface area contributed by atoms with Crippen LogP contribution in [0.2, 0.25) is 0 Å². The third-order valence-corrected chi connectivity index (χ3v) is 4.11. The van der Waals surface area contributed by atoms with Gasteiger partial charge in [-0.1, -0.05) is 6.07 Å². The molecule has 1 aromatic heterocycles. The Bertz CT molecular complexity index is 678. The second-order valence-corrected chi connectivity index (χ2v) is 5.59. The van der Waals surface area contributed by atoms with Crippen LogP contribution < -0.4 is 15.8 Å². The van der Waals surface area contributed by atoms with Gasteiger partial charge in [-0.3, -0.25) is 4.79 Å². The number of nitrogens with two attached hydrogens (primary N) is 1. The number of aryl methyl sites for hydroxylation is 1. The van der Waals surface area contributed by atoms with Crippen LogP contribution in [0.1, 0.15) is 33.9 Å². The number of carbonyl (C=O) groups excluding carboxylic acids is 1. The van der Waals surface area contributed by atoms with Gasteiger partial charge < -0.3 is 20.2 Å². The van der Waals surface area contributed by atoms with Gasteiger partial charge in [-0.2, -0.15) is 0 Å². The van der Waals surface area contributed by atoms with Crippen molar-refractivity contribution in [2.45, 2.75) is 31.8 Å². The number of ether oxygens (including phenoxy) is 1. The number of nitrogens with one attached hydrogen (secondary N) is 1. The minimum atomic E-state index is -0.537. The monoisotopic (exact) mass is 300 g/mol. The lowest BCUT2D eigenvalue weighted by atomic mass is 9.88. The quantitative estimate of drug-likeness (QED) is 0.885. The molecule has 1 aromatic carbocycles. The predicted molar refractivity (Wildman–Crippen MR) is 82.9 cm³/mol. The lowest BCUT2D eigenvalue weighted by Crippen LogP contribution is -2.34. The van der Waals surface area contributed by atoms with Crippen LogP contribution in [0.4, 0.5) is 0 Å². The fraction of sp³-hybridized carbons (Fsp3) is 0.353. The van der Waals surface area contributed by atoms with Crippen LogP contribution in [-0.4, -0.2) is 19.1 Å². The number of hydrogen-bond donors (Lipinski definition) is 2. The summed E-state index contributed by atoms with van der Waals surface area (Å²) in [6, 6.07) is 10.1. The maximum absolute atomic E-state index is 11.0. The van der Waals surface area contributed by atoms with Crippen molar-refractivity contribution in [1.29, 1.82) is 0 Å². The highest BCUT2D eigenvalue weighted by atomic mass is 16.5. The Kier molecular flexibility index (Phi) is 4.15. The maximum Gasteiger partial charge on any atom is 0.284 e. The van der Waals surface area contributed by atoms with Crippen molar-refractivity contribution >= 4 is 5.91 Å². The zero-order valence-corrected chi connectivity index (χ0v) is 12.6. The Morgan fingerprint density at radius 2 is 2.23 bits per heavy atom. The van der Waals surface area contributed by atoms with E-state index in [1.54, 1.807) is 19.2 Å². The number of fused-ring (bicyclic) bond motifs is 1. The Hall–Kier alpha value is -2.27. The van der Waals surface area contributed by atoms with Crippen molar-refractivity contribution in [2.75, 3.05) is 7.11 Å². The first kappa shape index (κ1) is 14.7. The van der Waals surface area contributed by atoms with Crippen LogP contribution in [0.15, 0.2) is 34.7 Å². The van der Waals surface area contributed by atoms with E-state index >= 15 is 0 Å². The third-order valence-electron chi connectivity index (χ3n) is 4.11. The van der Waals surface area contributed by atoms with Crippen LogP contribution >= 0.6 is 0 Å². The molecule has 0 radical (unpaired) electrons. The molecule has 5 nitrogen and oxygen atoms in total. The Morgan fingerprint density at radius 3 is 2.95 bits per heavy atom. The average molecular weight is 300 g/mol. The first-order valence-electron chi connectivity index (χ1n) is 7.43. The number of benzene rings is 1. The smallest absolute Gasteiger partial charge is 0.284 e. The molecule has 0 bridgehead atoms. The Labute approximate surface area is 129 Å². The zero-order valence-electron chi connectivity index (χ0n) is 12.6. The minimum absolute atomic E-state index is 0.204. The molecule has 1 amide bonds. The molecular weight excluding hydrogens is 280 g/mol. The number of furan rings is 1. The van der Waals surface area contributed by atoms with Gasteiger partial charge in [-0.25, -0.2) is 0 Å². The highest BCUT2D eigenvalue weighted by molar-refractivity contribution is 5.89. The van der Waals surface area contributed by atoms with E-state index in [0.29, 0.717) is 12.6 Å². The van der Waals surface area contributed by atoms with Crippen molar-refractivity contribution < 1.29 is 13.9 Å². The second-order valence-electron chi connectivity index (χ2n) is 5.59. The van der Waals surface area contributed by atoms with Crippen molar-refractivity contribution in [3.8, 4) is 5.75 Å². The highest BCUT2D eigenvalue weighted by Gasteiger charge is 2.19. The molecule has 1 atom stereocenters. The lowest BCUT2D eigenvalue weighted by Gasteiger charge is -2.25. The normalized spacial score (nSPS) is 17.0. The summed E-state index contributed by atoms with van der Waals surface area (Å²) in [5, 5.41) is 3.48. The fourth-order valence-corrected chi connectivity index (χ4v) is 2.88. The molecule has 0 spiro atoms. The van der Waals surface area contributed by atoms with Gasteiger partial charge in [0.05, 0.1) is 13.7 Å². The molecule has 0 aliphatic heterocycles. The predicted octanol–water partition coefficient (Wildman–Crippen LogP) is 2.03. The van der Waals surface area contributed by atoms with E-state index < -0.39 is 5.91 Å². The summed E-state index contributed by atoms with van der Waals surface area (Å²) >= 11 is 0. The molecule has 0 saturated heterocycles. The number of hydrogen-bond acceptors (Lipinski definition) is 4. The maximum atomic E-state index is 11.0. The molecule has 5 heteroatoms. The summed E-state index contributed by atoms with van der Waals surface area (Å²) < 4.78 is 10.7. The molecule has 22 heavy (non-hydrogen) atoms. The van der Waals surface area contributed by atoms with E-state index in [0.717, 1.165) is 30.8 Å². The van der Waals surface area contributed by atoms with E-state index in [1.807, 2.05) is 6.07 Å².